The first kappa shape index (κ1) is 67.0. The number of hydrogen-bond donors (Lipinski definition) is 7. The molecule has 2 aliphatic carbocycles. The Hall–Kier alpha value is -6.84. The summed E-state index contributed by atoms with van der Waals surface area (Å²) in [6, 6.07) is 14.0. The molecule has 9 atom stereocenters. The average Bonchev–Trinajstić information content (AvgIpc) is 3.60. The molecule has 6 rings (SSSR count). The van der Waals surface area contributed by atoms with E-state index < -0.39 is 36.4 Å². The van der Waals surface area contributed by atoms with Gasteiger partial charge in [0.1, 0.15) is 36.2 Å². The molecular formula is C64H86N2O17. The lowest BCUT2D eigenvalue weighted by Crippen LogP contribution is -2.49. The Labute approximate surface area is 487 Å². The first-order valence-electron chi connectivity index (χ1n) is 28.8. The van der Waals surface area contributed by atoms with E-state index in [1.807, 2.05) is 89.9 Å². The number of esters is 2. The molecule has 7 N–H and O–H groups in total. The van der Waals surface area contributed by atoms with Crippen LogP contribution in [0.3, 0.4) is 0 Å². The van der Waals surface area contributed by atoms with Gasteiger partial charge in [0, 0.05) is 80.0 Å². The van der Waals surface area contributed by atoms with E-state index in [9.17, 15) is 44.7 Å². The van der Waals surface area contributed by atoms with Crippen LogP contribution in [0.2, 0.25) is 0 Å². The molecule has 0 saturated heterocycles. The lowest BCUT2D eigenvalue weighted by Gasteiger charge is -2.41. The van der Waals surface area contributed by atoms with E-state index in [0.29, 0.717) is 59.6 Å². The van der Waals surface area contributed by atoms with Crippen LogP contribution in [0.15, 0.2) is 133 Å². The van der Waals surface area contributed by atoms with Crippen molar-refractivity contribution in [3.63, 3.8) is 0 Å². The molecule has 9 unspecified atom stereocenters. The van der Waals surface area contributed by atoms with Gasteiger partial charge in [0.15, 0.2) is 0 Å². The van der Waals surface area contributed by atoms with Crippen LogP contribution in [-0.2, 0) is 38.1 Å². The first-order chi connectivity index (χ1) is 40.0. The van der Waals surface area contributed by atoms with Crippen molar-refractivity contribution in [3.8, 4) is 11.5 Å². The van der Waals surface area contributed by atoms with Gasteiger partial charge >= 0.3 is 11.9 Å². The van der Waals surface area contributed by atoms with Gasteiger partial charge in [-0.05, 0) is 85.4 Å². The fourth-order valence-electron chi connectivity index (χ4n) is 9.73. The molecule has 2 amide bonds. The Bertz CT molecular complexity index is 2610. The van der Waals surface area contributed by atoms with E-state index in [1.54, 1.807) is 17.0 Å². The number of ether oxygens (including phenoxy) is 6. The summed E-state index contributed by atoms with van der Waals surface area (Å²) < 4.78 is 32.5. The number of rotatable bonds is 35. The Balaban J connectivity index is 0.000000305. The molecule has 19 nitrogen and oxygen atoms in total. The molecular weight excluding hydrogens is 1070 g/mol. The number of nitrogens with zero attached hydrogens (tertiary/aromatic N) is 2. The molecule has 0 spiro atoms. The quantitative estimate of drug-likeness (QED) is 0.0311. The zero-order valence-electron chi connectivity index (χ0n) is 48.2. The summed E-state index contributed by atoms with van der Waals surface area (Å²) in [6.07, 6.45) is 17.5. The minimum atomic E-state index is -1.08. The monoisotopic (exact) mass is 1150 g/mol. The lowest BCUT2D eigenvalue weighted by molar-refractivity contribution is -0.140. The van der Waals surface area contributed by atoms with E-state index in [4.69, 9.17) is 38.6 Å². The van der Waals surface area contributed by atoms with Gasteiger partial charge in [-0.3, -0.25) is 9.59 Å². The summed E-state index contributed by atoms with van der Waals surface area (Å²) in [6.45, 7) is 14.2. The van der Waals surface area contributed by atoms with Crippen LogP contribution in [0.4, 0.5) is 0 Å². The molecule has 454 valence electrons. The largest absolute Gasteiger partial charge is 0.494 e. The fourth-order valence-corrected chi connectivity index (χ4v) is 9.73. The zero-order valence-corrected chi connectivity index (χ0v) is 48.2. The number of amides is 2. The van der Waals surface area contributed by atoms with Crippen LogP contribution in [0.1, 0.15) is 89.7 Å². The molecule has 2 heterocycles. The second-order valence-corrected chi connectivity index (χ2v) is 20.7. The third-order valence-electron chi connectivity index (χ3n) is 14.5. The summed E-state index contributed by atoms with van der Waals surface area (Å²) >= 11 is 0. The summed E-state index contributed by atoms with van der Waals surface area (Å²) in [4.78, 5) is 53.8. The van der Waals surface area contributed by atoms with E-state index in [0.717, 1.165) is 42.9 Å². The highest BCUT2D eigenvalue weighted by Gasteiger charge is 2.39. The molecule has 2 aromatic carbocycles. The first-order valence-corrected chi connectivity index (χ1v) is 28.8. The number of unbranched alkanes of at least 4 members (excludes halogenated alkanes) is 1. The summed E-state index contributed by atoms with van der Waals surface area (Å²) in [5, 5.41) is 68.3. The molecule has 4 aliphatic rings. The molecule has 19 heteroatoms. The van der Waals surface area contributed by atoms with Crippen molar-refractivity contribution in [2.24, 2.45) is 17.8 Å². The van der Waals surface area contributed by atoms with Gasteiger partial charge in [0.2, 0.25) is 0 Å². The standard InChI is InChI=1S/C34H47NO8.C30H39NO9/c1-4-7-8-24(5-2)23-35-30-22-28(41-18-15-31(37)32(38)16-19-43-33(39)6-3)14-11-26(30)21-29(34(35)40)25-9-12-27(13-10-25)42-20-17-36;1-20(2)30(37)40-16-11-28(35)27(34)10-15-38-24-9-6-22-18-25(21-4-7-23(8-5-21)39-17-14-33)29(36)31(12-3-13-32)26(22)19-24/h6,9-14,21-22,24,26,30-32,36-38H,3-5,7-8,15-20,23H2,1-2H3;4-9,18-19,22,26-28,32-35H,1,3,10-17H2,2H3. The van der Waals surface area contributed by atoms with Crippen molar-refractivity contribution in [3.05, 3.63) is 145 Å². The molecule has 0 fully saturated rings. The number of aliphatic hydroxyl groups is 7. The Morgan fingerprint density at radius 2 is 1.05 bits per heavy atom. The maximum atomic E-state index is 14.0. The Kier molecular flexibility index (Phi) is 28.5. The van der Waals surface area contributed by atoms with E-state index in [2.05, 4.69) is 27.0 Å². The highest BCUT2D eigenvalue weighted by Crippen LogP contribution is 2.37. The van der Waals surface area contributed by atoms with E-state index in [1.165, 1.54) is 6.92 Å². The van der Waals surface area contributed by atoms with Gasteiger partial charge in [-0.2, -0.15) is 0 Å². The molecule has 83 heavy (non-hydrogen) atoms. The van der Waals surface area contributed by atoms with Gasteiger partial charge in [-0.15, -0.1) is 0 Å². The SMILES string of the molecule is C=C(C)C(=O)OCCC(O)C(O)CCOC1=CC2C(C=C1)C=C(c1ccc(OCCO)cc1)C(=O)N2CCCO.C=CC(=O)OCCC(O)C(O)CCOC1=CC2C(C=C1)C=C(c1ccc(OCCO)cc1)C(=O)N2CC(CC)CCCC. The van der Waals surface area contributed by atoms with Crippen LogP contribution in [0.5, 0.6) is 11.5 Å². The van der Waals surface area contributed by atoms with E-state index in [-0.39, 0.29) is 126 Å². The van der Waals surface area contributed by atoms with Gasteiger partial charge in [0.25, 0.3) is 11.8 Å². The molecule has 0 aromatic heterocycles. The van der Waals surface area contributed by atoms with Crippen molar-refractivity contribution < 1.29 is 83.3 Å². The minimum Gasteiger partial charge on any atom is -0.494 e. The Morgan fingerprint density at radius 3 is 1.48 bits per heavy atom. The van der Waals surface area contributed by atoms with Crippen LogP contribution >= 0.6 is 0 Å². The second-order valence-electron chi connectivity index (χ2n) is 20.7. The number of carbonyl (C=O) groups is 4. The number of fused-ring (bicyclic) bond motifs is 2. The normalized spacial score (nSPS) is 19.8. The summed E-state index contributed by atoms with van der Waals surface area (Å²) in [5.74, 6) is 1.35. The number of aliphatic hydroxyl groups excluding tert-OH is 7. The Morgan fingerprint density at radius 1 is 0.590 bits per heavy atom. The predicted octanol–water partition coefficient (Wildman–Crippen LogP) is 5.93. The number of carbonyl (C=O) groups excluding carboxylic acids is 4. The van der Waals surface area contributed by atoms with Gasteiger partial charge in [-0.25, -0.2) is 9.59 Å². The highest BCUT2D eigenvalue weighted by atomic mass is 16.5. The fraction of sp³-hybridized carbons (Fsp3) is 0.500. The number of allylic oxidation sites excluding steroid dienone is 2. The second kappa shape index (κ2) is 35.3. The smallest absolute Gasteiger partial charge is 0.333 e. The van der Waals surface area contributed by atoms with Crippen LogP contribution in [0, 0.1) is 17.8 Å². The van der Waals surface area contributed by atoms with Crippen molar-refractivity contribution in [1.82, 2.24) is 9.80 Å². The van der Waals surface area contributed by atoms with Crippen molar-refractivity contribution in [2.75, 3.05) is 72.6 Å². The number of hydrogen-bond acceptors (Lipinski definition) is 17. The maximum absolute atomic E-state index is 14.0. The van der Waals surface area contributed by atoms with E-state index >= 15 is 0 Å². The molecule has 2 aromatic rings. The average molecular weight is 1160 g/mol. The van der Waals surface area contributed by atoms with Crippen molar-refractivity contribution >= 4 is 34.9 Å². The molecule has 0 saturated carbocycles. The number of benzene rings is 2. The van der Waals surface area contributed by atoms with Crippen LogP contribution in [0.25, 0.3) is 11.1 Å². The molecule has 2 aliphatic heterocycles. The van der Waals surface area contributed by atoms with Gasteiger partial charge in [0.05, 0.1) is 76.1 Å². The van der Waals surface area contributed by atoms with Gasteiger partial charge < -0.3 is 74.0 Å². The predicted molar refractivity (Wildman–Crippen MR) is 313 cm³/mol. The van der Waals surface area contributed by atoms with Crippen LogP contribution in [-0.4, -0.2) is 178 Å². The van der Waals surface area contributed by atoms with Crippen molar-refractivity contribution in [2.45, 2.75) is 115 Å². The molecule has 0 bridgehead atoms. The van der Waals surface area contributed by atoms with Crippen LogP contribution < -0.4 is 9.47 Å². The lowest BCUT2D eigenvalue weighted by atomic mass is 9.84. The third kappa shape index (κ3) is 20.8. The summed E-state index contributed by atoms with van der Waals surface area (Å²) in [5.41, 5.74) is 3.03. The maximum Gasteiger partial charge on any atom is 0.333 e. The van der Waals surface area contributed by atoms with Crippen molar-refractivity contribution in [1.29, 1.82) is 0 Å². The molecule has 0 radical (unpaired) electrons. The zero-order chi connectivity index (χ0) is 60.3. The minimum absolute atomic E-state index is 0.0150. The van der Waals surface area contributed by atoms with Gasteiger partial charge in [-0.1, -0.05) is 94.8 Å². The third-order valence-corrected chi connectivity index (χ3v) is 14.5. The highest BCUT2D eigenvalue weighted by molar-refractivity contribution is 6.21. The topological polar surface area (TPSA) is 272 Å². The summed E-state index contributed by atoms with van der Waals surface area (Å²) in [7, 11) is 0.